The van der Waals surface area contributed by atoms with E-state index in [2.05, 4.69) is 0 Å². The van der Waals surface area contributed by atoms with Gasteiger partial charge in [0.15, 0.2) is 0 Å². The van der Waals surface area contributed by atoms with Crippen LogP contribution in [-0.4, -0.2) is 41.0 Å². The summed E-state index contributed by atoms with van der Waals surface area (Å²) in [5, 5.41) is 13.2. The second kappa shape index (κ2) is 6.02. The summed E-state index contributed by atoms with van der Waals surface area (Å²) in [6.45, 7) is 0.847. The van der Waals surface area contributed by atoms with Gasteiger partial charge in [-0.15, -0.1) is 11.3 Å². The van der Waals surface area contributed by atoms with E-state index in [0.29, 0.717) is 6.54 Å². The summed E-state index contributed by atoms with van der Waals surface area (Å²) in [5.74, 6) is -1.43. The maximum absolute atomic E-state index is 11.4. The van der Waals surface area contributed by atoms with Gasteiger partial charge in [-0.2, -0.15) is 0 Å². The number of carbonyl (C=O) groups is 3. The average Bonchev–Trinajstić information content (AvgIpc) is 2.82. The van der Waals surface area contributed by atoms with Gasteiger partial charge in [-0.05, 0) is 23.4 Å². The minimum absolute atomic E-state index is 0.0339. The van der Waals surface area contributed by atoms with Gasteiger partial charge in [0.1, 0.15) is 6.04 Å². The zero-order valence-corrected chi connectivity index (χ0v) is 11.5. The number of imide groups is 1. The lowest BCUT2D eigenvalue weighted by atomic mass is 10.00. The highest BCUT2D eigenvalue weighted by atomic mass is 32.1. The van der Waals surface area contributed by atoms with Crippen LogP contribution < -0.4 is 11.1 Å². The van der Waals surface area contributed by atoms with Crippen molar-refractivity contribution in [3.05, 3.63) is 21.9 Å². The molecular formula is C12H15N3O4S. The Kier molecular flexibility index (Phi) is 4.35. The molecule has 0 spiro atoms. The number of aliphatic carboxylic acids is 1. The first-order valence-corrected chi connectivity index (χ1v) is 6.99. The number of hydrogen-bond donors (Lipinski definition) is 3. The van der Waals surface area contributed by atoms with Crippen LogP contribution in [0.3, 0.4) is 0 Å². The normalized spacial score (nSPS) is 18.3. The molecule has 3 amide bonds. The molecule has 20 heavy (non-hydrogen) atoms. The number of fused-ring (bicyclic) bond motifs is 1. The molecule has 1 aliphatic rings. The first-order chi connectivity index (χ1) is 9.49. The molecule has 0 aromatic carbocycles. The van der Waals surface area contributed by atoms with Crippen LogP contribution in [0, 0.1) is 0 Å². The number of thiophene rings is 1. The van der Waals surface area contributed by atoms with Crippen molar-refractivity contribution in [1.82, 2.24) is 10.2 Å². The molecule has 7 nitrogen and oxygen atoms in total. The highest BCUT2D eigenvalue weighted by molar-refractivity contribution is 7.10. The van der Waals surface area contributed by atoms with Crippen LogP contribution in [0.5, 0.6) is 0 Å². The summed E-state index contributed by atoms with van der Waals surface area (Å²) >= 11 is 1.55. The van der Waals surface area contributed by atoms with E-state index in [1.54, 1.807) is 16.2 Å². The second-order valence-electron chi connectivity index (χ2n) is 4.49. The van der Waals surface area contributed by atoms with Crippen LogP contribution in [0.2, 0.25) is 0 Å². The minimum Gasteiger partial charge on any atom is -0.480 e. The number of nitrogens with one attached hydrogen (secondary N) is 1. The standard InChI is InChI=1S/C12H15N3O4S/c13-12(19)14-9(16)2-5-15-4-1-8-7(3-6-20-8)10(15)11(17)18/h3,6,10H,1-2,4-5H2,(H,17,18)(H3,13,14,16,19). The van der Waals surface area contributed by atoms with Crippen molar-refractivity contribution in [1.29, 1.82) is 0 Å². The van der Waals surface area contributed by atoms with Crippen molar-refractivity contribution in [3.8, 4) is 0 Å². The highest BCUT2D eigenvalue weighted by Gasteiger charge is 2.33. The molecule has 0 radical (unpaired) electrons. The van der Waals surface area contributed by atoms with E-state index >= 15 is 0 Å². The van der Waals surface area contributed by atoms with E-state index in [9.17, 15) is 19.5 Å². The number of nitrogens with two attached hydrogens (primary N) is 1. The Morgan fingerprint density at radius 1 is 1.50 bits per heavy atom. The van der Waals surface area contributed by atoms with Gasteiger partial charge in [-0.25, -0.2) is 4.79 Å². The third-order valence-electron chi connectivity index (χ3n) is 3.19. The number of rotatable bonds is 4. The molecular weight excluding hydrogens is 282 g/mol. The number of hydrogen-bond acceptors (Lipinski definition) is 5. The van der Waals surface area contributed by atoms with Crippen LogP contribution in [0.1, 0.15) is 22.9 Å². The summed E-state index contributed by atoms with van der Waals surface area (Å²) in [5.41, 5.74) is 5.65. The fourth-order valence-corrected chi connectivity index (χ4v) is 3.25. The average molecular weight is 297 g/mol. The number of carbonyl (C=O) groups excluding carboxylic acids is 2. The lowest BCUT2D eigenvalue weighted by Crippen LogP contribution is -2.42. The Balaban J connectivity index is 2.03. The van der Waals surface area contributed by atoms with Gasteiger partial charge in [-0.1, -0.05) is 0 Å². The van der Waals surface area contributed by atoms with Crippen molar-refractivity contribution >= 4 is 29.2 Å². The Labute approximate surface area is 119 Å². The molecule has 1 aromatic heterocycles. The monoisotopic (exact) mass is 297 g/mol. The van der Waals surface area contributed by atoms with Crippen molar-refractivity contribution < 1.29 is 19.5 Å². The molecule has 2 heterocycles. The van der Waals surface area contributed by atoms with E-state index in [1.165, 1.54) is 0 Å². The van der Waals surface area contributed by atoms with Gasteiger partial charge < -0.3 is 10.8 Å². The van der Waals surface area contributed by atoms with Crippen molar-refractivity contribution in [2.45, 2.75) is 18.9 Å². The molecule has 108 valence electrons. The van der Waals surface area contributed by atoms with Crippen LogP contribution in [0.25, 0.3) is 0 Å². The van der Waals surface area contributed by atoms with E-state index in [1.807, 2.05) is 16.8 Å². The topological polar surface area (TPSA) is 113 Å². The van der Waals surface area contributed by atoms with Gasteiger partial charge >= 0.3 is 12.0 Å². The number of amides is 3. The third kappa shape index (κ3) is 3.14. The Hall–Kier alpha value is -1.93. The molecule has 8 heteroatoms. The summed E-state index contributed by atoms with van der Waals surface area (Å²) < 4.78 is 0. The molecule has 1 unspecified atom stereocenters. The molecule has 1 aromatic rings. The number of carboxylic acid groups (broad SMARTS) is 1. The zero-order valence-electron chi connectivity index (χ0n) is 10.7. The SMILES string of the molecule is NC(=O)NC(=O)CCN1CCc2sccc2C1C(=O)O. The lowest BCUT2D eigenvalue weighted by Gasteiger charge is -2.32. The molecule has 1 aliphatic heterocycles. The van der Waals surface area contributed by atoms with E-state index < -0.39 is 23.9 Å². The fraction of sp³-hybridized carbons (Fsp3) is 0.417. The van der Waals surface area contributed by atoms with Crippen LogP contribution >= 0.6 is 11.3 Å². The Morgan fingerprint density at radius 3 is 2.90 bits per heavy atom. The predicted molar refractivity (Wildman–Crippen MR) is 72.3 cm³/mol. The zero-order chi connectivity index (χ0) is 14.7. The largest absolute Gasteiger partial charge is 0.480 e. The quantitative estimate of drug-likeness (QED) is 0.740. The fourth-order valence-electron chi connectivity index (χ4n) is 2.34. The maximum Gasteiger partial charge on any atom is 0.325 e. The minimum atomic E-state index is -0.931. The van der Waals surface area contributed by atoms with Gasteiger partial charge in [-0.3, -0.25) is 19.8 Å². The summed E-state index contributed by atoms with van der Waals surface area (Å²) in [6.07, 6.45) is 0.806. The molecule has 2 rings (SSSR count). The van der Waals surface area contributed by atoms with E-state index in [4.69, 9.17) is 5.73 Å². The number of urea groups is 1. The van der Waals surface area contributed by atoms with Crippen molar-refractivity contribution in [3.63, 3.8) is 0 Å². The molecule has 0 saturated heterocycles. The van der Waals surface area contributed by atoms with Crippen LogP contribution in [-0.2, 0) is 16.0 Å². The molecule has 0 aliphatic carbocycles. The molecule has 1 atom stereocenters. The smallest absolute Gasteiger partial charge is 0.325 e. The second-order valence-corrected chi connectivity index (χ2v) is 5.49. The molecule has 0 bridgehead atoms. The maximum atomic E-state index is 11.4. The van der Waals surface area contributed by atoms with Gasteiger partial charge in [0.2, 0.25) is 5.91 Å². The summed E-state index contributed by atoms with van der Waals surface area (Å²) in [4.78, 5) is 36.2. The third-order valence-corrected chi connectivity index (χ3v) is 4.18. The van der Waals surface area contributed by atoms with Gasteiger partial charge in [0.25, 0.3) is 0 Å². The summed E-state index contributed by atoms with van der Waals surface area (Å²) in [6, 6.07) is 0.184. The molecule has 0 fully saturated rings. The van der Waals surface area contributed by atoms with Crippen LogP contribution in [0.4, 0.5) is 4.79 Å². The summed E-state index contributed by atoms with van der Waals surface area (Å²) in [7, 11) is 0. The first kappa shape index (κ1) is 14.5. The Bertz CT molecular complexity index is 543. The van der Waals surface area contributed by atoms with Crippen molar-refractivity contribution in [2.24, 2.45) is 5.73 Å². The lowest BCUT2D eigenvalue weighted by molar-refractivity contribution is -0.144. The van der Waals surface area contributed by atoms with Crippen LogP contribution in [0.15, 0.2) is 11.4 Å². The van der Waals surface area contributed by atoms with Gasteiger partial charge in [0, 0.05) is 24.4 Å². The number of primary amides is 1. The number of carboxylic acids is 1. The predicted octanol–water partition coefficient (Wildman–Crippen LogP) is 0.317. The highest BCUT2D eigenvalue weighted by Crippen LogP contribution is 2.33. The van der Waals surface area contributed by atoms with E-state index in [0.717, 1.165) is 16.9 Å². The number of nitrogens with zero attached hydrogens (tertiary/aromatic N) is 1. The van der Waals surface area contributed by atoms with E-state index in [-0.39, 0.29) is 13.0 Å². The van der Waals surface area contributed by atoms with Gasteiger partial charge in [0.05, 0.1) is 0 Å². The molecule has 0 saturated carbocycles. The Morgan fingerprint density at radius 2 is 2.25 bits per heavy atom. The molecule has 4 N–H and O–H groups in total. The van der Waals surface area contributed by atoms with Crippen molar-refractivity contribution in [2.75, 3.05) is 13.1 Å². The first-order valence-electron chi connectivity index (χ1n) is 6.11.